The summed E-state index contributed by atoms with van der Waals surface area (Å²) >= 11 is 0. The third-order valence-corrected chi connectivity index (χ3v) is 6.09. The smallest absolute Gasteiger partial charge is 0.193 e. The Morgan fingerprint density at radius 3 is 2.61 bits per heavy atom. The number of aliphatic imine (C=N–C) groups is 1. The maximum Gasteiger partial charge on any atom is 0.193 e. The SMILES string of the molecule is CCNC(=NCC1CCCN1CC)N1CCC2(CCCC2)C1.I. The molecule has 0 bridgehead atoms. The van der Waals surface area contributed by atoms with Crippen LogP contribution in [0, 0.1) is 5.41 Å². The molecule has 134 valence electrons. The van der Waals surface area contributed by atoms with E-state index in [1.807, 2.05) is 0 Å². The fraction of sp³-hybridized carbons (Fsp3) is 0.944. The minimum absolute atomic E-state index is 0. The molecule has 1 N–H and O–H groups in total. The lowest BCUT2D eigenvalue weighted by Gasteiger charge is -2.27. The monoisotopic (exact) mass is 434 g/mol. The van der Waals surface area contributed by atoms with E-state index in [9.17, 15) is 0 Å². The first-order valence-corrected chi connectivity index (χ1v) is 9.54. The molecule has 1 atom stereocenters. The van der Waals surface area contributed by atoms with E-state index in [-0.39, 0.29) is 24.0 Å². The molecular formula is C18H35IN4. The highest BCUT2D eigenvalue weighted by molar-refractivity contribution is 14.0. The third kappa shape index (κ3) is 4.53. The number of halogens is 1. The largest absolute Gasteiger partial charge is 0.357 e. The molecule has 0 amide bonds. The van der Waals surface area contributed by atoms with Crippen molar-refractivity contribution in [3.05, 3.63) is 0 Å². The lowest BCUT2D eigenvalue weighted by Crippen LogP contribution is -2.42. The number of nitrogens with one attached hydrogen (secondary N) is 1. The molecule has 5 heteroatoms. The van der Waals surface area contributed by atoms with Crippen LogP contribution in [0.4, 0.5) is 0 Å². The molecule has 3 fully saturated rings. The summed E-state index contributed by atoms with van der Waals surface area (Å²) in [6, 6.07) is 0.668. The van der Waals surface area contributed by atoms with Crippen molar-refractivity contribution in [2.45, 2.75) is 64.8 Å². The molecule has 1 unspecified atom stereocenters. The first-order chi connectivity index (χ1) is 10.8. The summed E-state index contributed by atoms with van der Waals surface area (Å²) in [4.78, 5) is 10.2. The van der Waals surface area contributed by atoms with Gasteiger partial charge in [0.1, 0.15) is 0 Å². The first kappa shape index (κ1) is 19.3. The van der Waals surface area contributed by atoms with E-state index < -0.39 is 0 Å². The zero-order valence-corrected chi connectivity index (χ0v) is 17.3. The Bertz CT molecular complexity index is 392. The van der Waals surface area contributed by atoms with Gasteiger partial charge in [0.2, 0.25) is 0 Å². The number of hydrogen-bond donors (Lipinski definition) is 1. The average molecular weight is 434 g/mol. The van der Waals surface area contributed by atoms with Gasteiger partial charge < -0.3 is 10.2 Å². The Hall–Kier alpha value is -0.0400. The van der Waals surface area contributed by atoms with Crippen LogP contribution in [-0.4, -0.2) is 61.1 Å². The van der Waals surface area contributed by atoms with Gasteiger partial charge >= 0.3 is 0 Å². The quantitative estimate of drug-likeness (QED) is 0.419. The fourth-order valence-corrected chi connectivity index (χ4v) is 4.78. The zero-order chi connectivity index (χ0) is 15.4. The highest BCUT2D eigenvalue weighted by atomic mass is 127. The van der Waals surface area contributed by atoms with Crippen LogP contribution in [0.3, 0.4) is 0 Å². The first-order valence-electron chi connectivity index (χ1n) is 9.54. The molecule has 0 aromatic carbocycles. The fourth-order valence-electron chi connectivity index (χ4n) is 4.78. The number of rotatable bonds is 4. The third-order valence-electron chi connectivity index (χ3n) is 6.09. The zero-order valence-electron chi connectivity index (χ0n) is 15.0. The van der Waals surface area contributed by atoms with E-state index in [1.54, 1.807) is 0 Å². The molecule has 2 saturated heterocycles. The number of guanidine groups is 1. The summed E-state index contributed by atoms with van der Waals surface area (Å²) in [7, 11) is 0. The van der Waals surface area contributed by atoms with Crippen LogP contribution in [0.2, 0.25) is 0 Å². The summed E-state index contributed by atoms with van der Waals surface area (Å²) in [5.41, 5.74) is 0.624. The van der Waals surface area contributed by atoms with Crippen LogP contribution in [0.5, 0.6) is 0 Å². The Labute approximate surface area is 159 Å². The Morgan fingerprint density at radius 1 is 1.13 bits per heavy atom. The Kier molecular flexibility index (Phi) is 7.45. The van der Waals surface area contributed by atoms with Gasteiger partial charge in [-0.25, -0.2) is 0 Å². The topological polar surface area (TPSA) is 30.9 Å². The van der Waals surface area contributed by atoms with Crippen LogP contribution < -0.4 is 5.32 Å². The van der Waals surface area contributed by atoms with Crippen LogP contribution in [-0.2, 0) is 0 Å². The highest BCUT2D eigenvalue weighted by Crippen LogP contribution is 2.45. The predicted octanol–water partition coefficient (Wildman–Crippen LogP) is 3.32. The Balaban J connectivity index is 0.00000192. The van der Waals surface area contributed by atoms with E-state index in [1.165, 1.54) is 77.1 Å². The molecule has 0 aromatic heterocycles. The molecule has 0 radical (unpaired) electrons. The average Bonchev–Trinajstić information content (AvgIpc) is 3.26. The van der Waals surface area contributed by atoms with Crippen LogP contribution in [0.25, 0.3) is 0 Å². The van der Waals surface area contributed by atoms with Crippen molar-refractivity contribution in [3.63, 3.8) is 0 Å². The molecule has 1 saturated carbocycles. The molecule has 1 aliphatic carbocycles. The van der Waals surface area contributed by atoms with Gasteiger partial charge in [0, 0.05) is 25.7 Å². The standard InChI is InChI=1S/C18H34N4.HI/c1-3-19-17(20-14-16-8-7-12-21(16)4-2)22-13-11-18(15-22)9-5-6-10-18;/h16H,3-15H2,1-2H3,(H,19,20);1H. The molecule has 1 spiro atoms. The van der Waals surface area contributed by atoms with Crippen molar-refractivity contribution in [3.8, 4) is 0 Å². The molecule has 3 aliphatic rings. The number of hydrogen-bond acceptors (Lipinski definition) is 2. The van der Waals surface area contributed by atoms with Gasteiger partial charge in [-0.1, -0.05) is 19.8 Å². The lowest BCUT2D eigenvalue weighted by molar-refractivity contribution is 0.271. The van der Waals surface area contributed by atoms with Crippen molar-refractivity contribution in [1.82, 2.24) is 15.1 Å². The van der Waals surface area contributed by atoms with Crippen molar-refractivity contribution in [1.29, 1.82) is 0 Å². The molecule has 3 rings (SSSR count). The number of nitrogens with zero attached hydrogens (tertiary/aromatic N) is 3. The second-order valence-electron chi connectivity index (χ2n) is 7.50. The summed E-state index contributed by atoms with van der Waals surface area (Å²) in [6.07, 6.45) is 9.80. The molecule has 0 aromatic rings. The molecular weight excluding hydrogens is 399 g/mol. The van der Waals surface area contributed by atoms with E-state index in [0.717, 1.165) is 13.1 Å². The minimum atomic E-state index is 0. The van der Waals surface area contributed by atoms with Crippen LogP contribution >= 0.6 is 24.0 Å². The predicted molar refractivity (Wildman–Crippen MR) is 109 cm³/mol. The summed E-state index contributed by atoms with van der Waals surface area (Å²) in [5, 5.41) is 3.55. The highest BCUT2D eigenvalue weighted by Gasteiger charge is 2.41. The van der Waals surface area contributed by atoms with Gasteiger partial charge in [0.15, 0.2) is 5.96 Å². The summed E-state index contributed by atoms with van der Waals surface area (Å²) < 4.78 is 0. The summed E-state index contributed by atoms with van der Waals surface area (Å²) in [5.74, 6) is 1.18. The van der Waals surface area contributed by atoms with Gasteiger partial charge in [0.25, 0.3) is 0 Å². The van der Waals surface area contributed by atoms with Crippen molar-refractivity contribution >= 4 is 29.9 Å². The van der Waals surface area contributed by atoms with Gasteiger partial charge in [0.05, 0.1) is 6.54 Å². The second kappa shape index (κ2) is 8.88. The maximum atomic E-state index is 5.02. The minimum Gasteiger partial charge on any atom is -0.357 e. The van der Waals surface area contributed by atoms with Gasteiger partial charge in [-0.15, -0.1) is 24.0 Å². The molecule has 4 nitrogen and oxygen atoms in total. The van der Waals surface area contributed by atoms with Gasteiger partial charge in [-0.05, 0) is 57.5 Å². The van der Waals surface area contributed by atoms with E-state index in [4.69, 9.17) is 4.99 Å². The molecule has 2 aliphatic heterocycles. The Morgan fingerprint density at radius 2 is 1.91 bits per heavy atom. The van der Waals surface area contributed by atoms with E-state index in [2.05, 4.69) is 29.0 Å². The molecule has 2 heterocycles. The molecule has 23 heavy (non-hydrogen) atoms. The van der Waals surface area contributed by atoms with Crippen molar-refractivity contribution in [2.75, 3.05) is 39.3 Å². The van der Waals surface area contributed by atoms with Gasteiger partial charge in [-0.2, -0.15) is 0 Å². The van der Waals surface area contributed by atoms with Crippen LogP contribution in [0.1, 0.15) is 58.8 Å². The normalized spacial score (nSPS) is 27.7. The van der Waals surface area contributed by atoms with E-state index >= 15 is 0 Å². The maximum absolute atomic E-state index is 5.02. The van der Waals surface area contributed by atoms with Gasteiger partial charge in [-0.3, -0.25) is 9.89 Å². The summed E-state index contributed by atoms with van der Waals surface area (Å²) in [6.45, 7) is 11.3. The second-order valence-corrected chi connectivity index (χ2v) is 7.50. The van der Waals surface area contributed by atoms with E-state index in [0.29, 0.717) is 11.5 Å². The number of likely N-dealkylation sites (tertiary alicyclic amines) is 2. The van der Waals surface area contributed by atoms with Crippen molar-refractivity contribution in [2.24, 2.45) is 10.4 Å². The lowest BCUT2D eigenvalue weighted by atomic mass is 9.86. The number of likely N-dealkylation sites (N-methyl/N-ethyl adjacent to an activating group) is 1. The van der Waals surface area contributed by atoms with Crippen LogP contribution in [0.15, 0.2) is 4.99 Å². The van der Waals surface area contributed by atoms with Crippen molar-refractivity contribution < 1.29 is 0 Å².